The topological polar surface area (TPSA) is 75.6 Å². The number of rotatable bonds is 6. The highest BCUT2D eigenvalue weighted by atomic mass is 19.1. The van der Waals surface area contributed by atoms with E-state index in [0.29, 0.717) is 43.3 Å². The molecule has 1 saturated heterocycles. The number of methoxy groups -OCH3 is 1. The molecule has 1 aromatic heterocycles. The number of nitrogens with zero attached hydrogens (tertiary/aromatic N) is 4. The Morgan fingerprint density at radius 3 is 2.87 bits per heavy atom. The minimum absolute atomic E-state index is 0.0268. The van der Waals surface area contributed by atoms with E-state index in [2.05, 4.69) is 4.98 Å². The molecule has 0 unspecified atom stereocenters. The number of carbonyl (C=O) groups excluding carboxylic acids is 2. The number of fused-ring (bicyclic) bond motifs is 1. The van der Waals surface area contributed by atoms with Crippen LogP contribution in [-0.2, 0) is 27.2 Å². The molecule has 158 valence electrons. The van der Waals surface area contributed by atoms with E-state index in [1.165, 1.54) is 13.2 Å². The van der Waals surface area contributed by atoms with Crippen LogP contribution >= 0.6 is 0 Å². The zero-order valence-electron chi connectivity index (χ0n) is 17.2. The van der Waals surface area contributed by atoms with Crippen molar-refractivity contribution in [3.05, 3.63) is 52.7 Å². The SMILES string of the molecule is COCC(=O)N1CC[C@H](c2nc(C)c3c(n2)N(CCc2ccccc2F)C(=O)C3)C1. The van der Waals surface area contributed by atoms with Crippen molar-refractivity contribution in [3.63, 3.8) is 0 Å². The Kier molecular flexibility index (Phi) is 5.76. The van der Waals surface area contributed by atoms with Crippen molar-refractivity contribution in [3.8, 4) is 0 Å². The molecule has 2 aliphatic heterocycles. The van der Waals surface area contributed by atoms with E-state index < -0.39 is 0 Å². The Labute approximate surface area is 174 Å². The van der Waals surface area contributed by atoms with Gasteiger partial charge in [-0.15, -0.1) is 0 Å². The molecule has 2 aliphatic rings. The van der Waals surface area contributed by atoms with Crippen LogP contribution in [0.1, 0.15) is 35.0 Å². The standard InChI is InChI=1S/C22H25FN4O3/c1-14-17-11-19(28)27(10-8-15-5-3-4-6-18(15)23)22(17)25-21(24-14)16-7-9-26(12-16)20(29)13-30-2/h3-6,16H,7-13H2,1-2H3/t16-/m0/s1. The number of aromatic nitrogens is 2. The van der Waals surface area contributed by atoms with E-state index in [0.717, 1.165) is 17.7 Å². The number of likely N-dealkylation sites (tertiary alicyclic amines) is 1. The van der Waals surface area contributed by atoms with Gasteiger partial charge in [0.2, 0.25) is 11.8 Å². The normalized spacial score (nSPS) is 18.2. The van der Waals surface area contributed by atoms with Crippen molar-refractivity contribution in [1.82, 2.24) is 14.9 Å². The average molecular weight is 412 g/mol. The maximum absolute atomic E-state index is 14.0. The number of hydrogen-bond donors (Lipinski definition) is 0. The molecule has 1 fully saturated rings. The number of aryl methyl sites for hydroxylation is 1. The molecule has 0 aliphatic carbocycles. The van der Waals surface area contributed by atoms with Crippen LogP contribution in [0.5, 0.6) is 0 Å². The third-order valence-electron chi connectivity index (χ3n) is 5.83. The molecule has 1 atom stereocenters. The monoisotopic (exact) mass is 412 g/mol. The molecular weight excluding hydrogens is 387 g/mol. The molecule has 0 N–H and O–H groups in total. The van der Waals surface area contributed by atoms with E-state index in [4.69, 9.17) is 9.72 Å². The molecule has 3 heterocycles. The number of benzene rings is 1. The van der Waals surface area contributed by atoms with Gasteiger partial charge >= 0.3 is 0 Å². The molecule has 1 aromatic carbocycles. The number of carbonyl (C=O) groups is 2. The highest BCUT2D eigenvalue weighted by Gasteiger charge is 2.34. The highest BCUT2D eigenvalue weighted by Crippen LogP contribution is 2.33. The van der Waals surface area contributed by atoms with Crippen molar-refractivity contribution in [2.75, 3.05) is 38.3 Å². The van der Waals surface area contributed by atoms with Crippen molar-refractivity contribution in [2.24, 2.45) is 0 Å². The Morgan fingerprint density at radius 2 is 2.10 bits per heavy atom. The lowest BCUT2D eigenvalue weighted by Crippen LogP contribution is -2.32. The fourth-order valence-corrected chi connectivity index (χ4v) is 4.16. The first-order valence-electron chi connectivity index (χ1n) is 10.2. The van der Waals surface area contributed by atoms with Crippen molar-refractivity contribution in [1.29, 1.82) is 0 Å². The number of amides is 2. The summed E-state index contributed by atoms with van der Waals surface area (Å²) >= 11 is 0. The molecule has 4 rings (SSSR count). The van der Waals surface area contributed by atoms with Crippen molar-refractivity contribution >= 4 is 17.6 Å². The van der Waals surface area contributed by atoms with Gasteiger partial charge in [-0.2, -0.15) is 0 Å². The maximum Gasteiger partial charge on any atom is 0.248 e. The zero-order valence-corrected chi connectivity index (χ0v) is 17.2. The summed E-state index contributed by atoms with van der Waals surface area (Å²) in [6, 6.07) is 6.60. The van der Waals surface area contributed by atoms with Crippen LogP contribution in [0.2, 0.25) is 0 Å². The Hall–Kier alpha value is -2.87. The molecular formula is C22H25FN4O3. The second-order valence-corrected chi connectivity index (χ2v) is 7.79. The second-order valence-electron chi connectivity index (χ2n) is 7.79. The van der Waals surface area contributed by atoms with E-state index in [1.54, 1.807) is 28.0 Å². The summed E-state index contributed by atoms with van der Waals surface area (Å²) in [6.45, 7) is 3.51. The Balaban J connectivity index is 1.53. The summed E-state index contributed by atoms with van der Waals surface area (Å²) in [5.41, 5.74) is 2.20. The number of ether oxygens (including phenoxy) is 1. The summed E-state index contributed by atoms with van der Waals surface area (Å²) in [7, 11) is 1.51. The predicted octanol–water partition coefficient (Wildman–Crippen LogP) is 2.02. The van der Waals surface area contributed by atoms with Crippen LogP contribution < -0.4 is 4.90 Å². The van der Waals surface area contributed by atoms with Crippen molar-refractivity contribution in [2.45, 2.75) is 32.1 Å². The largest absolute Gasteiger partial charge is 0.375 e. The smallest absolute Gasteiger partial charge is 0.248 e. The van der Waals surface area contributed by atoms with Gasteiger partial charge in [0.15, 0.2) is 0 Å². The lowest BCUT2D eigenvalue weighted by atomic mass is 10.1. The first-order valence-corrected chi connectivity index (χ1v) is 10.2. The number of hydrogen-bond acceptors (Lipinski definition) is 5. The molecule has 30 heavy (non-hydrogen) atoms. The fraction of sp³-hybridized carbons (Fsp3) is 0.455. The summed E-state index contributed by atoms with van der Waals surface area (Å²) in [5, 5.41) is 0. The minimum atomic E-state index is -0.268. The van der Waals surface area contributed by atoms with Gasteiger partial charge in [0.05, 0.1) is 6.42 Å². The van der Waals surface area contributed by atoms with Gasteiger partial charge in [-0.05, 0) is 31.4 Å². The molecule has 0 bridgehead atoms. The maximum atomic E-state index is 14.0. The second kappa shape index (κ2) is 8.47. The quantitative estimate of drug-likeness (QED) is 0.726. The average Bonchev–Trinajstić information content (AvgIpc) is 3.33. The summed E-state index contributed by atoms with van der Waals surface area (Å²) in [4.78, 5) is 37.5. The van der Waals surface area contributed by atoms with Crippen LogP contribution in [-0.4, -0.2) is 60.0 Å². The van der Waals surface area contributed by atoms with Gasteiger partial charge in [0, 0.05) is 43.9 Å². The molecule has 8 heteroatoms. The minimum Gasteiger partial charge on any atom is -0.375 e. The summed E-state index contributed by atoms with van der Waals surface area (Å²) in [6.07, 6.45) is 1.46. The van der Waals surface area contributed by atoms with Gasteiger partial charge in [-0.1, -0.05) is 18.2 Å². The van der Waals surface area contributed by atoms with Gasteiger partial charge in [-0.25, -0.2) is 14.4 Å². The molecule has 0 radical (unpaired) electrons. The van der Waals surface area contributed by atoms with Crippen LogP contribution in [0.3, 0.4) is 0 Å². The number of anilines is 1. The fourth-order valence-electron chi connectivity index (χ4n) is 4.16. The molecule has 2 amide bonds. The summed E-state index contributed by atoms with van der Waals surface area (Å²) in [5.74, 6) is 0.957. The first-order chi connectivity index (χ1) is 14.5. The third-order valence-corrected chi connectivity index (χ3v) is 5.83. The third kappa shape index (κ3) is 3.92. The van der Waals surface area contributed by atoms with Crippen LogP contribution in [0, 0.1) is 12.7 Å². The molecule has 0 spiro atoms. The predicted molar refractivity (Wildman–Crippen MR) is 109 cm³/mol. The Bertz CT molecular complexity index is 981. The van der Waals surface area contributed by atoms with Gasteiger partial charge in [-0.3, -0.25) is 14.5 Å². The van der Waals surface area contributed by atoms with E-state index >= 15 is 0 Å². The van der Waals surface area contributed by atoms with E-state index in [9.17, 15) is 14.0 Å². The summed E-state index contributed by atoms with van der Waals surface area (Å²) < 4.78 is 18.9. The van der Waals surface area contributed by atoms with E-state index in [1.807, 2.05) is 6.92 Å². The lowest BCUT2D eigenvalue weighted by Gasteiger charge is -2.19. The van der Waals surface area contributed by atoms with Crippen molar-refractivity contribution < 1.29 is 18.7 Å². The van der Waals surface area contributed by atoms with Gasteiger partial charge in [0.1, 0.15) is 24.1 Å². The molecule has 2 aromatic rings. The number of halogens is 1. The van der Waals surface area contributed by atoms with Gasteiger partial charge in [0.25, 0.3) is 0 Å². The van der Waals surface area contributed by atoms with Crippen LogP contribution in [0.25, 0.3) is 0 Å². The molecule has 0 saturated carbocycles. The zero-order chi connectivity index (χ0) is 21.3. The lowest BCUT2D eigenvalue weighted by molar-refractivity contribution is -0.134. The van der Waals surface area contributed by atoms with Crippen LogP contribution in [0.4, 0.5) is 10.2 Å². The van der Waals surface area contributed by atoms with Crippen LogP contribution in [0.15, 0.2) is 24.3 Å². The highest BCUT2D eigenvalue weighted by molar-refractivity contribution is 6.00. The molecule has 7 nitrogen and oxygen atoms in total. The van der Waals surface area contributed by atoms with Gasteiger partial charge < -0.3 is 9.64 Å². The van der Waals surface area contributed by atoms with E-state index in [-0.39, 0.29) is 36.6 Å². The first kappa shape index (κ1) is 20.4. The Morgan fingerprint density at radius 1 is 1.30 bits per heavy atom.